The Kier molecular flexibility index (Phi) is 6.22. The minimum Gasteiger partial charge on any atom is -0.497 e. The summed E-state index contributed by atoms with van der Waals surface area (Å²) in [5.41, 5.74) is 2.68. The van der Waals surface area contributed by atoms with Crippen molar-refractivity contribution in [3.63, 3.8) is 0 Å². The summed E-state index contributed by atoms with van der Waals surface area (Å²) in [5, 5.41) is 11.2. The van der Waals surface area contributed by atoms with E-state index >= 15 is 0 Å². The van der Waals surface area contributed by atoms with Crippen molar-refractivity contribution in [3.8, 4) is 5.75 Å². The third-order valence-electron chi connectivity index (χ3n) is 4.94. The first kappa shape index (κ1) is 20.9. The number of ether oxygens (including phenoxy) is 1. The van der Waals surface area contributed by atoms with Crippen LogP contribution in [0.1, 0.15) is 23.8 Å². The van der Waals surface area contributed by atoms with Crippen molar-refractivity contribution in [2.45, 2.75) is 24.5 Å². The molecule has 1 N–H and O–H groups in total. The fraction of sp³-hybridized carbons (Fsp3) is 0.273. The summed E-state index contributed by atoms with van der Waals surface area (Å²) in [4.78, 5) is 26.4. The Hall–Kier alpha value is -3.33. The van der Waals surface area contributed by atoms with Gasteiger partial charge in [-0.1, -0.05) is 29.5 Å². The molecule has 1 aromatic heterocycles. The molecule has 4 rings (SSSR count). The Morgan fingerprint density at radius 1 is 1.19 bits per heavy atom. The third-order valence-corrected chi connectivity index (χ3v) is 5.76. The van der Waals surface area contributed by atoms with Crippen LogP contribution in [0.25, 0.3) is 0 Å². The largest absolute Gasteiger partial charge is 0.497 e. The molecule has 0 unspecified atom stereocenters. The van der Waals surface area contributed by atoms with E-state index in [0.29, 0.717) is 29.8 Å². The molecule has 2 heterocycles. The number of carbonyl (C=O) groups is 2. The maximum atomic E-state index is 12.4. The molecule has 1 saturated heterocycles. The molecule has 2 aromatic carbocycles. The van der Waals surface area contributed by atoms with Crippen LogP contribution in [0.3, 0.4) is 0 Å². The van der Waals surface area contributed by atoms with E-state index < -0.39 is 0 Å². The summed E-state index contributed by atoms with van der Waals surface area (Å²) in [6, 6.07) is 14.9. The van der Waals surface area contributed by atoms with Crippen LogP contribution in [0, 0.1) is 6.92 Å². The molecule has 0 spiro atoms. The van der Waals surface area contributed by atoms with Gasteiger partial charge >= 0.3 is 0 Å². The lowest BCUT2D eigenvalue weighted by Crippen LogP contribution is -2.24. The number of thioether (sulfide) groups is 1. The lowest BCUT2D eigenvalue weighted by Gasteiger charge is -2.16. The molecule has 31 heavy (non-hydrogen) atoms. The Bertz CT molecular complexity index is 1070. The average Bonchev–Trinajstić information content (AvgIpc) is 3.40. The quantitative estimate of drug-likeness (QED) is 0.563. The summed E-state index contributed by atoms with van der Waals surface area (Å²) in [5.74, 6) is 0.950. The first-order chi connectivity index (χ1) is 15.0. The summed E-state index contributed by atoms with van der Waals surface area (Å²) >= 11 is 1.16. The number of aromatic nitrogens is 2. The number of anilines is 2. The zero-order valence-corrected chi connectivity index (χ0v) is 18.0. The van der Waals surface area contributed by atoms with Gasteiger partial charge in [0.2, 0.25) is 17.7 Å². The van der Waals surface area contributed by atoms with Crippen molar-refractivity contribution in [2.75, 3.05) is 29.6 Å². The zero-order valence-electron chi connectivity index (χ0n) is 17.2. The van der Waals surface area contributed by atoms with Gasteiger partial charge in [-0.05, 0) is 43.3 Å². The number of nitrogens with one attached hydrogen (secondary N) is 1. The van der Waals surface area contributed by atoms with Crippen molar-refractivity contribution in [1.82, 2.24) is 10.2 Å². The molecule has 2 amide bonds. The zero-order chi connectivity index (χ0) is 21.8. The monoisotopic (exact) mass is 438 g/mol. The van der Waals surface area contributed by atoms with Gasteiger partial charge < -0.3 is 19.4 Å². The van der Waals surface area contributed by atoms with E-state index in [-0.39, 0.29) is 23.5 Å². The summed E-state index contributed by atoms with van der Waals surface area (Å²) in [6.07, 6.45) is 0.318. The highest BCUT2D eigenvalue weighted by atomic mass is 32.2. The number of hydrogen-bond donors (Lipinski definition) is 1. The third kappa shape index (κ3) is 5.05. The van der Waals surface area contributed by atoms with Crippen LogP contribution in [0.2, 0.25) is 0 Å². The van der Waals surface area contributed by atoms with E-state index in [0.717, 1.165) is 28.8 Å². The second-order valence-corrected chi connectivity index (χ2v) is 8.14. The number of carbonyl (C=O) groups excluding carboxylic acids is 2. The lowest BCUT2D eigenvalue weighted by atomic mass is 10.1. The van der Waals surface area contributed by atoms with E-state index in [9.17, 15) is 9.59 Å². The van der Waals surface area contributed by atoms with Gasteiger partial charge in [-0.15, -0.1) is 10.2 Å². The molecule has 1 fully saturated rings. The second kappa shape index (κ2) is 9.22. The van der Waals surface area contributed by atoms with Crippen LogP contribution in [0.15, 0.2) is 58.2 Å². The topological polar surface area (TPSA) is 97.6 Å². The molecule has 1 aliphatic rings. The number of benzene rings is 2. The van der Waals surface area contributed by atoms with E-state index in [2.05, 4.69) is 15.5 Å². The molecule has 0 radical (unpaired) electrons. The normalized spacial score (nSPS) is 15.9. The molecule has 0 aliphatic carbocycles. The molecule has 3 aromatic rings. The van der Waals surface area contributed by atoms with Crippen LogP contribution < -0.4 is 15.0 Å². The van der Waals surface area contributed by atoms with E-state index in [1.54, 1.807) is 36.3 Å². The minimum absolute atomic E-state index is 0.0279. The van der Waals surface area contributed by atoms with E-state index in [4.69, 9.17) is 9.15 Å². The Balaban J connectivity index is 1.31. The fourth-order valence-corrected chi connectivity index (χ4v) is 3.86. The van der Waals surface area contributed by atoms with Gasteiger partial charge in [0, 0.05) is 24.3 Å². The van der Waals surface area contributed by atoms with Crippen LogP contribution >= 0.6 is 11.8 Å². The van der Waals surface area contributed by atoms with Crippen LogP contribution in [0.5, 0.6) is 5.75 Å². The Morgan fingerprint density at radius 3 is 2.65 bits per heavy atom. The summed E-state index contributed by atoms with van der Waals surface area (Å²) in [7, 11) is 1.59. The maximum absolute atomic E-state index is 12.4. The van der Waals surface area contributed by atoms with Crippen molar-refractivity contribution >= 4 is 35.0 Å². The summed E-state index contributed by atoms with van der Waals surface area (Å²) in [6.45, 7) is 2.50. The molecule has 0 bridgehead atoms. The highest BCUT2D eigenvalue weighted by Gasteiger charge is 2.35. The van der Waals surface area contributed by atoms with Gasteiger partial charge in [-0.3, -0.25) is 9.59 Å². The Morgan fingerprint density at radius 2 is 1.94 bits per heavy atom. The highest BCUT2D eigenvalue weighted by molar-refractivity contribution is 7.99. The van der Waals surface area contributed by atoms with Crippen LogP contribution in [-0.4, -0.2) is 41.4 Å². The van der Waals surface area contributed by atoms with Gasteiger partial charge in [0.05, 0.1) is 18.8 Å². The minimum atomic E-state index is -0.184. The molecule has 1 aliphatic heterocycles. The SMILES string of the molecule is COc1ccc(NC(=O)CSc2nnc([C@H]3CC(=O)N(c4ccc(C)cc4)C3)o2)cc1. The average molecular weight is 439 g/mol. The first-order valence-corrected chi connectivity index (χ1v) is 10.8. The lowest BCUT2D eigenvalue weighted by molar-refractivity contribution is -0.117. The molecule has 9 heteroatoms. The number of hydrogen-bond acceptors (Lipinski definition) is 7. The molecular weight excluding hydrogens is 416 g/mol. The summed E-state index contributed by atoms with van der Waals surface area (Å²) < 4.78 is 10.8. The number of nitrogens with zero attached hydrogens (tertiary/aromatic N) is 3. The number of amides is 2. The molecule has 1 atom stereocenters. The van der Waals surface area contributed by atoms with Crippen molar-refractivity contribution in [2.24, 2.45) is 0 Å². The number of aryl methyl sites for hydroxylation is 1. The first-order valence-electron chi connectivity index (χ1n) is 9.79. The highest BCUT2D eigenvalue weighted by Crippen LogP contribution is 2.32. The molecule has 160 valence electrons. The van der Waals surface area contributed by atoms with E-state index in [1.165, 1.54) is 0 Å². The number of methoxy groups -OCH3 is 1. The smallest absolute Gasteiger partial charge is 0.277 e. The van der Waals surface area contributed by atoms with Gasteiger partial charge in [0.25, 0.3) is 5.22 Å². The van der Waals surface area contributed by atoms with Crippen LogP contribution in [0.4, 0.5) is 11.4 Å². The second-order valence-electron chi connectivity index (χ2n) is 7.21. The number of rotatable bonds is 7. The van der Waals surface area contributed by atoms with Gasteiger partial charge in [0.1, 0.15) is 5.75 Å². The maximum Gasteiger partial charge on any atom is 0.277 e. The van der Waals surface area contributed by atoms with Crippen molar-refractivity contribution < 1.29 is 18.7 Å². The standard InChI is InChI=1S/C22H22N4O4S/c1-14-3-7-17(8-4-14)26-12-15(11-20(26)28)21-24-25-22(30-21)31-13-19(27)23-16-5-9-18(29-2)10-6-16/h3-10,15H,11-13H2,1-2H3,(H,23,27)/t15-/m0/s1. The van der Waals surface area contributed by atoms with E-state index in [1.807, 2.05) is 31.2 Å². The molecule has 8 nitrogen and oxygen atoms in total. The van der Waals surface area contributed by atoms with Gasteiger partial charge in [0.15, 0.2) is 0 Å². The van der Waals surface area contributed by atoms with Crippen molar-refractivity contribution in [1.29, 1.82) is 0 Å². The molecule has 0 saturated carbocycles. The molecular formula is C22H22N4O4S. The Labute approximate surface area is 184 Å². The van der Waals surface area contributed by atoms with Crippen molar-refractivity contribution in [3.05, 3.63) is 60.0 Å². The predicted molar refractivity (Wildman–Crippen MR) is 118 cm³/mol. The fourth-order valence-electron chi connectivity index (χ4n) is 3.29. The van der Waals surface area contributed by atoms with Gasteiger partial charge in [-0.25, -0.2) is 0 Å². The predicted octanol–water partition coefficient (Wildman–Crippen LogP) is 3.64. The van der Waals surface area contributed by atoms with Crippen LogP contribution in [-0.2, 0) is 9.59 Å². The van der Waals surface area contributed by atoms with Gasteiger partial charge in [-0.2, -0.15) is 0 Å².